The topological polar surface area (TPSA) is 66.8 Å². The predicted octanol–water partition coefficient (Wildman–Crippen LogP) is 6.93. The molecule has 168 valence electrons. The van der Waals surface area contributed by atoms with E-state index in [1.165, 1.54) is 16.2 Å². The maximum Gasteiger partial charge on any atom is 0.300 e. The van der Waals surface area contributed by atoms with Crippen LogP contribution < -0.4 is 9.64 Å². The first kappa shape index (κ1) is 22.1. The highest BCUT2D eigenvalue weighted by Crippen LogP contribution is 2.44. The second-order valence-corrected chi connectivity index (χ2v) is 9.50. The van der Waals surface area contributed by atoms with Gasteiger partial charge in [0.25, 0.3) is 11.7 Å². The molecule has 1 N–H and O–H groups in total. The molecule has 1 fully saturated rings. The molecule has 0 aliphatic carbocycles. The van der Waals surface area contributed by atoms with E-state index in [4.69, 9.17) is 4.74 Å². The van der Waals surface area contributed by atoms with Crippen LogP contribution in [-0.4, -0.2) is 16.8 Å². The second kappa shape index (κ2) is 9.29. The highest BCUT2D eigenvalue weighted by Gasteiger charge is 2.47. The van der Waals surface area contributed by atoms with E-state index >= 15 is 0 Å². The summed E-state index contributed by atoms with van der Waals surface area (Å²) in [6.07, 6.45) is 0. The van der Waals surface area contributed by atoms with Crippen molar-refractivity contribution in [3.05, 3.63) is 117 Å². The lowest BCUT2D eigenvalue weighted by molar-refractivity contribution is -0.132. The molecule has 5 nitrogen and oxygen atoms in total. The van der Waals surface area contributed by atoms with Gasteiger partial charge in [0.05, 0.1) is 5.57 Å². The van der Waals surface area contributed by atoms with Crippen molar-refractivity contribution in [3.63, 3.8) is 0 Å². The third kappa shape index (κ3) is 4.16. The lowest BCUT2D eigenvalue weighted by Crippen LogP contribution is -2.29. The van der Waals surface area contributed by atoms with E-state index in [-0.39, 0.29) is 11.3 Å². The molecular weight excluding hydrogens is 514 g/mol. The average molecular weight is 532 g/mol. The van der Waals surface area contributed by atoms with Crippen molar-refractivity contribution in [1.29, 1.82) is 0 Å². The summed E-state index contributed by atoms with van der Waals surface area (Å²) in [4.78, 5) is 28.5. The summed E-state index contributed by atoms with van der Waals surface area (Å²) in [5.74, 6) is -0.300. The molecule has 2 heterocycles. The van der Waals surface area contributed by atoms with Gasteiger partial charge in [0.1, 0.15) is 23.3 Å². The fraction of sp³-hybridized carbons (Fsp3) is 0.0370. The van der Waals surface area contributed by atoms with E-state index in [0.29, 0.717) is 22.7 Å². The van der Waals surface area contributed by atoms with Gasteiger partial charge in [0.15, 0.2) is 0 Å². The Labute approximate surface area is 208 Å². The van der Waals surface area contributed by atoms with Crippen LogP contribution in [0.2, 0.25) is 0 Å². The van der Waals surface area contributed by atoms with Crippen LogP contribution in [0.3, 0.4) is 0 Å². The molecule has 1 aliphatic heterocycles. The third-order valence-electron chi connectivity index (χ3n) is 5.47. The standard InChI is InChI=1S/C27H18BrNO4S/c28-18-10-8-17(9-11-18)25(30)23-24(22-7-4-16-34-22)29(27(32)26(23)31)19-12-14-21(15-13-19)33-20-5-2-1-3-6-20/h1-16,24,30H/b25-23-. The van der Waals surface area contributed by atoms with Gasteiger partial charge >= 0.3 is 0 Å². The number of nitrogens with zero attached hydrogens (tertiary/aromatic N) is 1. The largest absolute Gasteiger partial charge is 0.507 e. The quantitative estimate of drug-likeness (QED) is 0.172. The zero-order valence-electron chi connectivity index (χ0n) is 17.7. The van der Waals surface area contributed by atoms with Crippen molar-refractivity contribution >= 4 is 50.4 Å². The van der Waals surface area contributed by atoms with Gasteiger partial charge in [-0.3, -0.25) is 14.5 Å². The van der Waals surface area contributed by atoms with Crippen molar-refractivity contribution in [3.8, 4) is 11.5 Å². The zero-order valence-corrected chi connectivity index (χ0v) is 20.1. The summed E-state index contributed by atoms with van der Waals surface area (Å²) in [7, 11) is 0. The van der Waals surface area contributed by atoms with Gasteiger partial charge in [0.2, 0.25) is 0 Å². The minimum Gasteiger partial charge on any atom is -0.507 e. The van der Waals surface area contributed by atoms with Crippen molar-refractivity contribution < 1.29 is 19.4 Å². The molecule has 1 aromatic heterocycles. The number of ketones is 1. The van der Waals surface area contributed by atoms with Gasteiger partial charge in [-0.15, -0.1) is 11.3 Å². The SMILES string of the molecule is O=C1C(=O)N(c2ccc(Oc3ccccc3)cc2)C(c2cccs2)/C1=C(/O)c1ccc(Br)cc1. The number of amides is 1. The zero-order chi connectivity index (χ0) is 23.7. The molecule has 1 unspecified atom stereocenters. The van der Waals surface area contributed by atoms with Gasteiger partial charge in [-0.25, -0.2) is 0 Å². The fourth-order valence-electron chi connectivity index (χ4n) is 3.88. The van der Waals surface area contributed by atoms with Crippen LogP contribution in [0.25, 0.3) is 5.76 Å². The van der Waals surface area contributed by atoms with Crippen molar-refractivity contribution in [2.24, 2.45) is 0 Å². The normalized spacial score (nSPS) is 17.2. The average Bonchev–Trinajstić information content (AvgIpc) is 3.47. The molecule has 0 saturated carbocycles. The molecule has 4 aromatic rings. The number of anilines is 1. The maximum absolute atomic E-state index is 13.2. The van der Waals surface area contributed by atoms with Crippen LogP contribution in [0.1, 0.15) is 16.5 Å². The van der Waals surface area contributed by atoms with E-state index < -0.39 is 17.7 Å². The minimum atomic E-state index is -0.732. The second-order valence-electron chi connectivity index (χ2n) is 7.60. The van der Waals surface area contributed by atoms with E-state index in [1.807, 2.05) is 47.8 Å². The molecule has 34 heavy (non-hydrogen) atoms. The van der Waals surface area contributed by atoms with E-state index in [0.717, 1.165) is 9.35 Å². The van der Waals surface area contributed by atoms with Crippen LogP contribution in [0, 0.1) is 0 Å². The minimum absolute atomic E-state index is 0.0689. The number of Topliss-reactive ketones (excluding diaryl/α,β-unsaturated/α-hetero) is 1. The number of rotatable bonds is 5. The Hall–Kier alpha value is -3.68. The molecule has 1 atom stereocenters. The Morgan fingerprint density at radius 3 is 2.18 bits per heavy atom. The first-order valence-electron chi connectivity index (χ1n) is 10.5. The number of hydrogen-bond acceptors (Lipinski definition) is 5. The summed E-state index contributed by atoms with van der Waals surface area (Å²) >= 11 is 4.80. The third-order valence-corrected chi connectivity index (χ3v) is 6.92. The molecule has 7 heteroatoms. The van der Waals surface area contributed by atoms with Gasteiger partial charge < -0.3 is 9.84 Å². The van der Waals surface area contributed by atoms with Crippen molar-refractivity contribution in [2.45, 2.75) is 6.04 Å². The Morgan fingerprint density at radius 1 is 0.853 bits per heavy atom. The molecule has 0 spiro atoms. The van der Waals surface area contributed by atoms with E-state index in [2.05, 4.69) is 15.9 Å². The van der Waals surface area contributed by atoms with Crippen LogP contribution in [0.4, 0.5) is 5.69 Å². The molecule has 1 aliphatic rings. The Kier molecular flexibility index (Phi) is 6.04. The number of aliphatic hydroxyl groups is 1. The highest BCUT2D eigenvalue weighted by atomic mass is 79.9. The summed E-state index contributed by atoms with van der Waals surface area (Å²) in [5, 5.41) is 13.0. The number of benzene rings is 3. The first-order valence-corrected chi connectivity index (χ1v) is 12.1. The van der Waals surface area contributed by atoms with Crippen molar-refractivity contribution in [1.82, 2.24) is 0 Å². The monoisotopic (exact) mass is 531 g/mol. The number of aliphatic hydroxyl groups excluding tert-OH is 1. The van der Waals surface area contributed by atoms with E-state index in [9.17, 15) is 14.7 Å². The summed E-state index contributed by atoms with van der Waals surface area (Å²) in [6, 6.07) is 26.3. The maximum atomic E-state index is 13.2. The smallest absolute Gasteiger partial charge is 0.300 e. The number of halogens is 1. The molecule has 1 amide bonds. The number of carbonyl (C=O) groups excluding carboxylic acids is 2. The summed E-state index contributed by atoms with van der Waals surface area (Å²) in [5.41, 5.74) is 1.07. The molecule has 1 saturated heterocycles. The molecular formula is C27H18BrNO4S. The van der Waals surface area contributed by atoms with Gasteiger partial charge in [-0.1, -0.05) is 52.3 Å². The van der Waals surface area contributed by atoms with Crippen molar-refractivity contribution in [2.75, 3.05) is 4.90 Å². The predicted molar refractivity (Wildman–Crippen MR) is 136 cm³/mol. The Balaban J connectivity index is 1.55. The Morgan fingerprint density at radius 2 is 1.53 bits per heavy atom. The summed E-state index contributed by atoms with van der Waals surface area (Å²) < 4.78 is 6.69. The van der Waals surface area contributed by atoms with Crippen LogP contribution in [0.15, 0.2) is 106 Å². The summed E-state index contributed by atoms with van der Waals surface area (Å²) in [6.45, 7) is 0. The molecule has 0 bridgehead atoms. The number of ether oxygens (including phenoxy) is 1. The van der Waals surface area contributed by atoms with Crippen LogP contribution >= 0.6 is 27.3 Å². The lowest BCUT2D eigenvalue weighted by atomic mass is 10.00. The number of thiophene rings is 1. The van der Waals surface area contributed by atoms with E-state index in [1.54, 1.807) is 48.5 Å². The van der Waals surface area contributed by atoms with Crippen LogP contribution in [-0.2, 0) is 9.59 Å². The number of carbonyl (C=O) groups is 2. The fourth-order valence-corrected chi connectivity index (χ4v) is 4.97. The van der Waals surface area contributed by atoms with Gasteiger partial charge in [-0.05, 0) is 60.0 Å². The first-order chi connectivity index (χ1) is 16.5. The van der Waals surface area contributed by atoms with Gasteiger partial charge in [-0.2, -0.15) is 0 Å². The molecule has 5 rings (SSSR count). The molecule has 3 aromatic carbocycles. The van der Waals surface area contributed by atoms with Crippen LogP contribution in [0.5, 0.6) is 11.5 Å². The Bertz CT molecular complexity index is 1360. The number of hydrogen-bond donors (Lipinski definition) is 1. The highest BCUT2D eigenvalue weighted by molar-refractivity contribution is 9.10. The van der Waals surface area contributed by atoms with Gasteiger partial charge in [0, 0.05) is 20.6 Å². The number of para-hydroxylation sites is 1. The molecule has 0 radical (unpaired) electrons. The lowest BCUT2D eigenvalue weighted by Gasteiger charge is -2.24.